The van der Waals surface area contributed by atoms with Crippen molar-refractivity contribution >= 4 is 17.6 Å². The van der Waals surface area contributed by atoms with E-state index in [0.29, 0.717) is 11.8 Å². The van der Waals surface area contributed by atoms with Gasteiger partial charge in [-0.1, -0.05) is 11.8 Å². The summed E-state index contributed by atoms with van der Waals surface area (Å²) >= 11 is 0.468. The minimum atomic E-state index is -2.41. The number of thioether (sulfide) groups is 1. The van der Waals surface area contributed by atoms with Crippen LogP contribution in [-0.4, -0.2) is 48.7 Å². The van der Waals surface area contributed by atoms with Gasteiger partial charge in [-0.2, -0.15) is 4.98 Å². The maximum Gasteiger partial charge on any atom is 0.350 e. The topological polar surface area (TPSA) is 122 Å². The smallest absolute Gasteiger partial charge is 0.350 e. The molecule has 1 aromatic heterocycles. The number of aliphatic hydroxyl groups is 3. The Morgan fingerprint density at radius 2 is 2.28 bits per heavy atom. The zero-order chi connectivity index (χ0) is 13.5. The zero-order valence-electron chi connectivity index (χ0n) is 9.10. The highest BCUT2D eigenvalue weighted by Crippen LogP contribution is 2.49. The van der Waals surface area contributed by atoms with E-state index in [1.807, 2.05) is 0 Å². The molecule has 5 N–H and O–H groups in total. The molecule has 1 aliphatic heterocycles. The van der Waals surface area contributed by atoms with E-state index in [1.54, 1.807) is 0 Å². The van der Waals surface area contributed by atoms with Crippen LogP contribution < -0.4 is 11.4 Å². The number of hydrogen-bond donors (Lipinski definition) is 4. The molecule has 1 fully saturated rings. The van der Waals surface area contributed by atoms with Crippen molar-refractivity contribution in [3.63, 3.8) is 0 Å². The molecule has 2 heterocycles. The van der Waals surface area contributed by atoms with Crippen LogP contribution in [0, 0.1) is 0 Å². The van der Waals surface area contributed by atoms with Gasteiger partial charge in [0.25, 0.3) is 0 Å². The van der Waals surface area contributed by atoms with Gasteiger partial charge in [0.1, 0.15) is 23.4 Å². The van der Waals surface area contributed by atoms with Crippen LogP contribution in [0.4, 0.5) is 10.2 Å². The van der Waals surface area contributed by atoms with Crippen molar-refractivity contribution in [2.45, 2.75) is 22.6 Å². The standard InChI is InChI=1S/C9H12FN3O4S/c10-9(3-14)6(16)5(15)7(18-9)13-2-1-4(11)12-8(13)17/h1-2,5-7,14-16H,3H2,(H2,11,12,17)/t5?,6?,7-,9-/m1/s1. The van der Waals surface area contributed by atoms with Crippen LogP contribution >= 0.6 is 11.8 Å². The number of anilines is 1. The fourth-order valence-corrected chi connectivity index (χ4v) is 3.04. The number of nitrogens with two attached hydrogens (primary N) is 1. The summed E-state index contributed by atoms with van der Waals surface area (Å²) in [4.78, 5) is 15.0. The maximum absolute atomic E-state index is 14.0. The number of nitrogen functional groups attached to an aromatic ring is 1. The lowest BCUT2D eigenvalue weighted by molar-refractivity contribution is -0.0508. The van der Waals surface area contributed by atoms with Crippen LogP contribution in [0.15, 0.2) is 17.1 Å². The van der Waals surface area contributed by atoms with Gasteiger partial charge in [0.15, 0.2) is 0 Å². The Bertz CT molecular complexity index is 513. The van der Waals surface area contributed by atoms with Gasteiger partial charge in [0.2, 0.25) is 5.00 Å². The van der Waals surface area contributed by atoms with Crippen molar-refractivity contribution in [1.29, 1.82) is 0 Å². The van der Waals surface area contributed by atoms with E-state index >= 15 is 0 Å². The second-order valence-corrected chi connectivity index (χ2v) is 5.33. The Morgan fingerprint density at radius 1 is 1.61 bits per heavy atom. The molecule has 0 bridgehead atoms. The highest BCUT2D eigenvalue weighted by atomic mass is 32.2. The molecule has 9 heteroatoms. The lowest BCUT2D eigenvalue weighted by Crippen LogP contribution is -2.41. The Hall–Kier alpha value is -1.16. The molecule has 0 spiro atoms. The molecule has 0 amide bonds. The molecule has 100 valence electrons. The van der Waals surface area contributed by atoms with Crippen molar-refractivity contribution in [3.05, 3.63) is 22.7 Å². The van der Waals surface area contributed by atoms with Crippen molar-refractivity contribution in [3.8, 4) is 0 Å². The number of aromatic nitrogens is 2. The van der Waals surface area contributed by atoms with E-state index in [2.05, 4.69) is 4.98 Å². The van der Waals surface area contributed by atoms with Gasteiger partial charge >= 0.3 is 5.69 Å². The van der Waals surface area contributed by atoms with Gasteiger partial charge in [-0.15, -0.1) is 0 Å². The lowest BCUT2D eigenvalue weighted by Gasteiger charge is -2.19. The number of alkyl halides is 1. The van der Waals surface area contributed by atoms with E-state index in [9.17, 15) is 19.4 Å². The third-order valence-electron chi connectivity index (χ3n) is 2.72. The average Bonchev–Trinajstić information content (AvgIpc) is 2.55. The van der Waals surface area contributed by atoms with Gasteiger partial charge in [0.05, 0.1) is 6.61 Å². The number of nitrogens with zero attached hydrogens (tertiary/aromatic N) is 2. The Labute approximate surface area is 105 Å². The van der Waals surface area contributed by atoms with Crippen LogP contribution in [0.5, 0.6) is 0 Å². The molecule has 1 aromatic rings. The number of halogens is 1. The Balaban J connectivity index is 2.38. The van der Waals surface area contributed by atoms with Crippen LogP contribution in [-0.2, 0) is 0 Å². The third kappa shape index (κ3) is 1.99. The second kappa shape index (κ2) is 4.50. The fourth-order valence-electron chi connectivity index (χ4n) is 1.72. The predicted molar refractivity (Wildman–Crippen MR) is 62.5 cm³/mol. The average molecular weight is 277 g/mol. The third-order valence-corrected chi connectivity index (χ3v) is 4.23. The van der Waals surface area contributed by atoms with Crippen LogP contribution in [0.25, 0.3) is 0 Å². The largest absolute Gasteiger partial charge is 0.392 e. The summed E-state index contributed by atoms with van der Waals surface area (Å²) in [5, 5.41) is 24.7. The van der Waals surface area contributed by atoms with Crippen molar-refractivity contribution in [2.75, 3.05) is 12.3 Å². The minimum Gasteiger partial charge on any atom is -0.392 e. The molecule has 18 heavy (non-hydrogen) atoms. The summed E-state index contributed by atoms with van der Waals surface area (Å²) in [5.41, 5.74) is 4.55. The maximum atomic E-state index is 14.0. The molecule has 7 nitrogen and oxygen atoms in total. The first kappa shape index (κ1) is 13.3. The molecule has 0 aliphatic carbocycles. The van der Waals surface area contributed by atoms with Crippen LogP contribution in [0.2, 0.25) is 0 Å². The SMILES string of the molecule is Nc1ccn([C@@H]2S[C@](F)(CO)C(O)C2O)c(=O)n1. The summed E-state index contributed by atoms with van der Waals surface area (Å²) < 4.78 is 14.9. The van der Waals surface area contributed by atoms with Crippen molar-refractivity contribution in [2.24, 2.45) is 0 Å². The predicted octanol–water partition coefficient (Wildman–Crippen LogP) is -1.55. The molecule has 0 radical (unpaired) electrons. The molecule has 2 rings (SSSR count). The first-order valence-corrected chi connectivity index (χ1v) is 5.95. The molecular formula is C9H12FN3O4S. The van der Waals surface area contributed by atoms with E-state index < -0.39 is 34.9 Å². The first-order valence-electron chi connectivity index (χ1n) is 5.07. The van der Waals surface area contributed by atoms with E-state index in [4.69, 9.17) is 10.8 Å². The summed E-state index contributed by atoms with van der Waals surface area (Å²) in [5.74, 6) is 0.00274. The fraction of sp³-hybridized carbons (Fsp3) is 0.556. The van der Waals surface area contributed by atoms with Crippen LogP contribution in [0.3, 0.4) is 0 Å². The van der Waals surface area contributed by atoms with Crippen molar-refractivity contribution < 1.29 is 19.7 Å². The second-order valence-electron chi connectivity index (χ2n) is 3.93. The lowest BCUT2D eigenvalue weighted by atomic mass is 10.1. The molecule has 2 unspecified atom stereocenters. The molecule has 0 aromatic carbocycles. The summed E-state index contributed by atoms with van der Waals surface area (Å²) in [6.07, 6.45) is -2.07. The quantitative estimate of drug-likeness (QED) is 0.516. The van der Waals surface area contributed by atoms with Gasteiger partial charge in [-0.25, -0.2) is 9.18 Å². The van der Waals surface area contributed by atoms with E-state index in [0.717, 1.165) is 4.57 Å². The summed E-state index contributed by atoms with van der Waals surface area (Å²) in [6, 6.07) is 1.32. The highest BCUT2D eigenvalue weighted by Gasteiger charge is 2.55. The zero-order valence-corrected chi connectivity index (χ0v) is 9.92. The van der Waals surface area contributed by atoms with E-state index in [-0.39, 0.29) is 5.82 Å². The minimum absolute atomic E-state index is 0.00274. The van der Waals surface area contributed by atoms with Gasteiger partial charge in [-0.05, 0) is 6.07 Å². The van der Waals surface area contributed by atoms with Gasteiger partial charge < -0.3 is 21.1 Å². The van der Waals surface area contributed by atoms with E-state index in [1.165, 1.54) is 12.3 Å². The number of aliphatic hydroxyl groups excluding tert-OH is 3. The molecular weight excluding hydrogens is 265 g/mol. The normalized spacial score (nSPS) is 35.9. The number of rotatable bonds is 2. The number of hydrogen-bond acceptors (Lipinski definition) is 7. The Kier molecular flexibility index (Phi) is 3.32. The van der Waals surface area contributed by atoms with Gasteiger partial charge in [0, 0.05) is 6.20 Å². The first-order chi connectivity index (χ1) is 8.39. The molecule has 0 saturated carbocycles. The van der Waals surface area contributed by atoms with Crippen molar-refractivity contribution in [1.82, 2.24) is 9.55 Å². The molecule has 1 saturated heterocycles. The molecule has 1 aliphatic rings. The van der Waals surface area contributed by atoms with Crippen LogP contribution in [0.1, 0.15) is 5.37 Å². The monoisotopic (exact) mass is 277 g/mol. The molecule has 4 atom stereocenters. The highest BCUT2D eigenvalue weighted by molar-refractivity contribution is 8.00. The summed E-state index contributed by atoms with van der Waals surface area (Å²) in [7, 11) is 0. The Morgan fingerprint density at radius 3 is 2.78 bits per heavy atom. The van der Waals surface area contributed by atoms with Gasteiger partial charge in [-0.3, -0.25) is 4.57 Å². The summed E-state index contributed by atoms with van der Waals surface area (Å²) in [6.45, 7) is -0.969.